The lowest BCUT2D eigenvalue weighted by molar-refractivity contribution is -0.114. The summed E-state index contributed by atoms with van der Waals surface area (Å²) in [5.41, 5.74) is 5.54. The molecule has 1 amide bonds. The van der Waals surface area contributed by atoms with Gasteiger partial charge in [0.15, 0.2) is 5.13 Å². The molecule has 6 aromatic rings. The van der Waals surface area contributed by atoms with Crippen LogP contribution in [0, 0.1) is 10.8 Å². The third-order valence-corrected chi connectivity index (χ3v) is 13.7. The Labute approximate surface area is 402 Å². The van der Waals surface area contributed by atoms with E-state index in [1.54, 1.807) is 14.2 Å². The van der Waals surface area contributed by atoms with Crippen LogP contribution < -0.4 is 24.3 Å². The molecule has 11 nitrogen and oxygen atoms in total. The first-order valence-corrected chi connectivity index (χ1v) is 24.4. The van der Waals surface area contributed by atoms with E-state index in [4.69, 9.17) is 28.9 Å². The quantitative estimate of drug-likeness (QED) is 0.150. The van der Waals surface area contributed by atoms with Gasteiger partial charge >= 0.3 is 0 Å². The van der Waals surface area contributed by atoms with Gasteiger partial charge in [0.1, 0.15) is 40.9 Å². The summed E-state index contributed by atoms with van der Waals surface area (Å²) in [7, 11) is 3.33. The molecular formula is C55H72N6O5S. The maximum absolute atomic E-state index is 11.4. The first-order chi connectivity index (χ1) is 31.4. The first kappa shape index (κ1) is 49.6. The van der Waals surface area contributed by atoms with Crippen LogP contribution in [0.5, 0.6) is 23.0 Å². The summed E-state index contributed by atoms with van der Waals surface area (Å²) in [6, 6.07) is 27.1. The summed E-state index contributed by atoms with van der Waals surface area (Å²) in [6.45, 7) is 30.9. The lowest BCUT2D eigenvalue weighted by Crippen LogP contribution is -2.49. The molecule has 4 atom stereocenters. The first-order valence-electron chi connectivity index (χ1n) is 23.5. The Morgan fingerprint density at radius 3 is 1.49 bits per heavy atom. The Morgan fingerprint density at radius 2 is 1.07 bits per heavy atom. The second-order valence-corrected chi connectivity index (χ2v) is 23.1. The average Bonchev–Trinajstić information content (AvgIpc) is 4.03. The van der Waals surface area contributed by atoms with Crippen LogP contribution in [-0.4, -0.2) is 93.3 Å². The van der Waals surface area contributed by atoms with Crippen LogP contribution in [0.3, 0.4) is 0 Å². The molecule has 67 heavy (non-hydrogen) atoms. The van der Waals surface area contributed by atoms with Gasteiger partial charge in [-0.2, -0.15) is 0 Å². The molecule has 5 heterocycles. The van der Waals surface area contributed by atoms with E-state index in [-0.39, 0.29) is 40.0 Å². The van der Waals surface area contributed by atoms with Crippen LogP contribution in [-0.2, 0) is 4.79 Å². The van der Waals surface area contributed by atoms with E-state index in [9.17, 15) is 4.79 Å². The minimum atomic E-state index is -0.149. The number of aromatic nitrogens is 3. The highest BCUT2D eigenvalue weighted by molar-refractivity contribution is 7.14. The molecule has 8 rings (SSSR count). The Morgan fingerprint density at radius 1 is 0.612 bits per heavy atom. The fourth-order valence-electron chi connectivity index (χ4n) is 9.54. The highest BCUT2D eigenvalue weighted by Gasteiger charge is 2.46. The molecule has 2 aliphatic heterocycles. The molecule has 0 radical (unpaired) electrons. The SMILES string of the molecule is COc1ccc2c(OC3CC(C(C)(C)C)N(C(C)(C)C)C3)cc(-c3ccccc3)nc2c1.COc1ccc2c(OC3CC(C(C)(C)C)N(C(C)(C)C)C3)cc(-c3csc(NC(C)=O)n3)nc2c1. The number of ether oxygens (including phenoxy) is 4. The van der Waals surface area contributed by atoms with E-state index in [2.05, 4.69) is 127 Å². The number of rotatable bonds is 9. The smallest absolute Gasteiger partial charge is 0.223 e. The molecule has 358 valence electrons. The van der Waals surface area contributed by atoms with Crippen molar-refractivity contribution in [1.82, 2.24) is 24.8 Å². The van der Waals surface area contributed by atoms with Crippen molar-refractivity contribution in [1.29, 1.82) is 0 Å². The van der Waals surface area contributed by atoms with Crippen molar-refractivity contribution >= 4 is 44.2 Å². The Kier molecular flexibility index (Phi) is 14.3. The summed E-state index contributed by atoms with van der Waals surface area (Å²) in [6.07, 6.45) is 2.17. The van der Waals surface area contributed by atoms with E-state index in [1.807, 2.05) is 60.0 Å². The lowest BCUT2D eigenvalue weighted by atomic mass is 9.83. The number of carbonyl (C=O) groups is 1. The minimum Gasteiger partial charge on any atom is -0.497 e. The van der Waals surface area contributed by atoms with Crippen LogP contribution in [0.15, 0.2) is 84.2 Å². The van der Waals surface area contributed by atoms with E-state index in [0.29, 0.717) is 28.6 Å². The molecule has 0 saturated carbocycles. The van der Waals surface area contributed by atoms with Gasteiger partial charge in [-0.3, -0.25) is 14.6 Å². The summed E-state index contributed by atoms with van der Waals surface area (Å²) in [5.74, 6) is 3.07. The third kappa shape index (κ3) is 11.7. The molecule has 0 spiro atoms. The van der Waals surface area contributed by atoms with Crippen LogP contribution in [0.4, 0.5) is 5.13 Å². The molecule has 2 saturated heterocycles. The summed E-state index contributed by atoms with van der Waals surface area (Å²) < 4.78 is 24.4. The number of methoxy groups -OCH3 is 2. The zero-order chi connectivity index (χ0) is 48.6. The molecule has 2 fully saturated rings. The van der Waals surface area contributed by atoms with Crippen molar-refractivity contribution in [3.05, 3.63) is 84.2 Å². The number of amides is 1. The lowest BCUT2D eigenvalue weighted by Gasteiger charge is -2.42. The molecule has 3 aromatic heterocycles. The standard InChI is InChI=1S/C28H36N2O2.C27H36N4O3S/c1-27(2,3)26-16-21(18-30(26)28(4,5)6)32-25-17-23(19-11-9-8-10-12-19)29-24-15-20(31-7)13-14-22(24)25;1-16(32)28-25-30-22(15-35-25)21-13-23(19-10-9-17(33-8)11-20(19)29-21)34-18-12-24(26(2,3)4)31(14-18)27(5,6)7/h8-15,17,21,26H,16,18H2,1-7H3;9-11,13,15,18,24H,12,14H2,1-8H3,(H,28,30,32). The Hall–Kier alpha value is -5.30. The molecule has 1 N–H and O–H groups in total. The van der Waals surface area contributed by atoms with Gasteiger partial charge in [0, 0.05) is 102 Å². The number of benzene rings is 3. The largest absolute Gasteiger partial charge is 0.497 e. The van der Waals surface area contributed by atoms with E-state index >= 15 is 0 Å². The maximum atomic E-state index is 11.4. The number of nitrogens with one attached hydrogen (secondary N) is 1. The number of thiazole rings is 1. The van der Waals surface area contributed by atoms with E-state index in [0.717, 1.165) is 82.0 Å². The number of fused-ring (bicyclic) bond motifs is 2. The molecular weight excluding hydrogens is 857 g/mol. The predicted molar refractivity (Wildman–Crippen MR) is 275 cm³/mol. The fraction of sp³-hybridized carbons (Fsp3) is 0.491. The number of nitrogens with zero attached hydrogens (tertiary/aromatic N) is 5. The molecule has 4 unspecified atom stereocenters. The Balaban J connectivity index is 0.000000200. The molecule has 12 heteroatoms. The predicted octanol–water partition coefficient (Wildman–Crippen LogP) is 12.6. The third-order valence-electron chi connectivity index (χ3n) is 12.9. The van der Waals surface area contributed by atoms with Crippen molar-refractivity contribution in [3.8, 4) is 45.6 Å². The zero-order valence-electron chi connectivity index (χ0n) is 42.4. The maximum Gasteiger partial charge on any atom is 0.223 e. The van der Waals surface area contributed by atoms with Crippen molar-refractivity contribution in [2.24, 2.45) is 10.8 Å². The van der Waals surface area contributed by atoms with Gasteiger partial charge in [0.2, 0.25) is 5.91 Å². The van der Waals surface area contributed by atoms with E-state index in [1.165, 1.54) is 18.3 Å². The second-order valence-electron chi connectivity index (χ2n) is 22.2. The van der Waals surface area contributed by atoms with Crippen LogP contribution in [0.1, 0.15) is 103 Å². The number of pyridine rings is 2. The highest BCUT2D eigenvalue weighted by Crippen LogP contribution is 2.42. The molecule has 3 aromatic carbocycles. The van der Waals surface area contributed by atoms with Gasteiger partial charge in [-0.15, -0.1) is 11.3 Å². The van der Waals surface area contributed by atoms with E-state index < -0.39 is 0 Å². The molecule has 0 bridgehead atoms. The van der Waals surface area contributed by atoms with Gasteiger partial charge < -0.3 is 24.3 Å². The van der Waals surface area contributed by atoms with Crippen molar-refractivity contribution in [2.45, 2.75) is 138 Å². The topological polar surface area (TPSA) is 111 Å². The van der Waals surface area contributed by atoms with Crippen LogP contribution >= 0.6 is 11.3 Å². The molecule has 0 aliphatic carbocycles. The second kappa shape index (κ2) is 19.4. The fourth-order valence-corrected chi connectivity index (χ4v) is 10.3. The highest BCUT2D eigenvalue weighted by atomic mass is 32.1. The number of likely N-dealkylation sites (tertiary alicyclic amines) is 2. The number of carbonyl (C=O) groups excluding carboxylic acids is 1. The van der Waals surface area contributed by atoms with Gasteiger partial charge in [-0.05, 0) is 76.6 Å². The summed E-state index contributed by atoms with van der Waals surface area (Å²) in [4.78, 5) is 31.0. The normalized spacial score (nSPS) is 19.6. The van der Waals surface area contributed by atoms with Crippen LogP contribution in [0.2, 0.25) is 0 Å². The van der Waals surface area contributed by atoms with Gasteiger partial charge in [0.25, 0.3) is 0 Å². The Bertz CT molecular complexity index is 2630. The van der Waals surface area contributed by atoms with Crippen LogP contribution in [0.25, 0.3) is 44.5 Å². The van der Waals surface area contributed by atoms with Gasteiger partial charge in [0.05, 0.1) is 36.6 Å². The number of hydrogen-bond donors (Lipinski definition) is 1. The zero-order valence-corrected chi connectivity index (χ0v) is 43.2. The molecule has 2 aliphatic rings. The van der Waals surface area contributed by atoms with Gasteiger partial charge in [-0.1, -0.05) is 71.9 Å². The number of anilines is 1. The minimum absolute atomic E-state index is 0.0512. The summed E-state index contributed by atoms with van der Waals surface area (Å²) >= 11 is 1.38. The average molecular weight is 929 g/mol. The van der Waals surface area contributed by atoms with Crippen molar-refractivity contribution < 1.29 is 23.7 Å². The monoisotopic (exact) mass is 929 g/mol. The number of hydrogen-bond acceptors (Lipinski definition) is 11. The van der Waals surface area contributed by atoms with Crippen molar-refractivity contribution in [2.75, 3.05) is 32.6 Å². The van der Waals surface area contributed by atoms with Gasteiger partial charge in [-0.25, -0.2) is 15.0 Å². The van der Waals surface area contributed by atoms with Crippen molar-refractivity contribution in [3.63, 3.8) is 0 Å². The summed E-state index contributed by atoms with van der Waals surface area (Å²) in [5, 5.41) is 7.15.